The van der Waals surface area contributed by atoms with Crippen molar-refractivity contribution in [1.29, 1.82) is 0 Å². The van der Waals surface area contributed by atoms with Gasteiger partial charge in [0.1, 0.15) is 0 Å². The molecule has 1 fully saturated rings. The summed E-state index contributed by atoms with van der Waals surface area (Å²) in [6.45, 7) is 9.64. The van der Waals surface area contributed by atoms with Gasteiger partial charge in [0.15, 0.2) is 0 Å². The van der Waals surface area contributed by atoms with E-state index in [1.807, 2.05) is 47.7 Å². The summed E-state index contributed by atoms with van der Waals surface area (Å²) in [5, 5.41) is 4.46. The topological polar surface area (TPSA) is 64.2 Å². The smallest absolute Gasteiger partial charge is 0.257 e. The van der Waals surface area contributed by atoms with Crippen LogP contribution in [0.25, 0.3) is 5.69 Å². The minimum atomic E-state index is -0.0617. The molecule has 1 aromatic carbocycles. The second-order valence-electron chi connectivity index (χ2n) is 7.45. The van der Waals surface area contributed by atoms with Gasteiger partial charge in [0.2, 0.25) is 0 Å². The number of piperidine rings is 1. The highest BCUT2D eigenvalue weighted by atomic mass is 16.2. The van der Waals surface area contributed by atoms with E-state index in [4.69, 9.17) is 5.73 Å². The summed E-state index contributed by atoms with van der Waals surface area (Å²) in [6.07, 6.45) is 2.52. The van der Waals surface area contributed by atoms with Gasteiger partial charge in [0.25, 0.3) is 5.91 Å². The molecule has 0 bridgehead atoms. The van der Waals surface area contributed by atoms with E-state index in [-0.39, 0.29) is 17.4 Å². The van der Waals surface area contributed by atoms with E-state index in [0.29, 0.717) is 18.7 Å². The van der Waals surface area contributed by atoms with Gasteiger partial charge < -0.3 is 10.6 Å². The fraction of sp³-hybridized carbons (Fsp3) is 0.474. The molecule has 2 N–H and O–H groups in total. The number of amides is 1. The summed E-state index contributed by atoms with van der Waals surface area (Å²) in [5.74, 6) is 0.0484. The summed E-state index contributed by atoms with van der Waals surface area (Å²) in [7, 11) is 0. The van der Waals surface area contributed by atoms with Crippen LogP contribution in [-0.2, 0) is 0 Å². The van der Waals surface area contributed by atoms with Crippen LogP contribution in [0.5, 0.6) is 0 Å². The Balaban J connectivity index is 1.89. The Morgan fingerprint density at radius 3 is 2.67 bits per heavy atom. The molecule has 24 heavy (non-hydrogen) atoms. The molecule has 5 nitrogen and oxygen atoms in total. The number of aryl methyl sites for hydroxylation is 1. The maximum atomic E-state index is 13.0. The number of hydrogen-bond acceptors (Lipinski definition) is 3. The second-order valence-corrected chi connectivity index (χ2v) is 7.45. The Morgan fingerprint density at radius 1 is 1.29 bits per heavy atom. The molecule has 128 valence electrons. The summed E-state index contributed by atoms with van der Waals surface area (Å²) in [5.41, 5.74) is 9.81. The van der Waals surface area contributed by atoms with Crippen molar-refractivity contribution in [2.45, 2.75) is 40.2 Å². The van der Waals surface area contributed by atoms with Crippen LogP contribution < -0.4 is 5.73 Å². The molecule has 1 aliphatic rings. The summed E-state index contributed by atoms with van der Waals surface area (Å²) >= 11 is 0. The molecule has 2 heterocycles. The highest BCUT2D eigenvalue weighted by Crippen LogP contribution is 2.29. The maximum absolute atomic E-state index is 13.0. The Morgan fingerprint density at radius 2 is 2.00 bits per heavy atom. The standard InChI is InChI=1S/C19H26N4O/c1-13-7-5-6-8-16(13)23-14(2)15(11-21-23)18(24)22-10-9-17(20)19(3,4)12-22/h5-8,11,17H,9-10,12,20H2,1-4H3. The third-order valence-corrected chi connectivity index (χ3v) is 5.18. The van der Waals surface area contributed by atoms with Crippen molar-refractivity contribution >= 4 is 5.91 Å². The molecule has 1 saturated heterocycles. The molecular weight excluding hydrogens is 300 g/mol. The molecule has 2 aromatic rings. The zero-order valence-corrected chi connectivity index (χ0v) is 14.9. The number of aromatic nitrogens is 2. The number of nitrogens with two attached hydrogens (primary N) is 1. The largest absolute Gasteiger partial charge is 0.338 e. The van der Waals surface area contributed by atoms with Crippen molar-refractivity contribution in [1.82, 2.24) is 14.7 Å². The van der Waals surface area contributed by atoms with Crippen molar-refractivity contribution in [2.75, 3.05) is 13.1 Å². The van der Waals surface area contributed by atoms with Crippen molar-refractivity contribution in [2.24, 2.45) is 11.1 Å². The Labute approximate surface area is 143 Å². The van der Waals surface area contributed by atoms with Gasteiger partial charge in [-0.25, -0.2) is 4.68 Å². The Hall–Kier alpha value is -2.14. The molecule has 1 unspecified atom stereocenters. The first kappa shape index (κ1) is 16.7. The van der Waals surface area contributed by atoms with Crippen LogP contribution in [0.3, 0.4) is 0 Å². The summed E-state index contributed by atoms with van der Waals surface area (Å²) in [4.78, 5) is 14.9. The van der Waals surface area contributed by atoms with Gasteiger partial charge in [-0.05, 0) is 37.3 Å². The number of likely N-dealkylation sites (tertiary alicyclic amines) is 1. The van der Waals surface area contributed by atoms with E-state index >= 15 is 0 Å². The fourth-order valence-electron chi connectivity index (χ4n) is 3.38. The van der Waals surface area contributed by atoms with Crippen LogP contribution in [0.15, 0.2) is 30.5 Å². The van der Waals surface area contributed by atoms with E-state index in [1.165, 1.54) is 0 Å². The molecule has 5 heteroatoms. The number of para-hydroxylation sites is 1. The van der Waals surface area contributed by atoms with E-state index in [0.717, 1.165) is 23.4 Å². The van der Waals surface area contributed by atoms with Crippen molar-refractivity contribution in [3.8, 4) is 5.69 Å². The maximum Gasteiger partial charge on any atom is 0.257 e. The molecule has 0 spiro atoms. The summed E-state index contributed by atoms with van der Waals surface area (Å²) in [6, 6.07) is 8.19. The van der Waals surface area contributed by atoms with Crippen LogP contribution in [0.4, 0.5) is 0 Å². The second kappa shape index (κ2) is 6.06. The Bertz CT molecular complexity index is 762. The average Bonchev–Trinajstić information content (AvgIpc) is 2.91. The van der Waals surface area contributed by atoms with Crippen LogP contribution in [0, 0.1) is 19.3 Å². The first-order chi connectivity index (χ1) is 11.3. The minimum Gasteiger partial charge on any atom is -0.338 e. The molecule has 1 aromatic heterocycles. The molecule has 0 aliphatic carbocycles. The summed E-state index contributed by atoms with van der Waals surface area (Å²) < 4.78 is 1.85. The first-order valence-electron chi connectivity index (χ1n) is 8.47. The van der Waals surface area contributed by atoms with Gasteiger partial charge in [0, 0.05) is 19.1 Å². The van der Waals surface area contributed by atoms with Crippen LogP contribution >= 0.6 is 0 Å². The van der Waals surface area contributed by atoms with Gasteiger partial charge in [-0.15, -0.1) is 0 Å². The number of benzene rings is 1. The number of nitrogens with zero attached hydrogens (tertiary/aromatic N) is 3. The zero-order chi connectivity index (χ0) is 17.5. The van der Waals surface area contributed by atoms with Crippen molar-refractivity contribution in [3.63, 3.8) is 0 Å². The van der Waals surface area contributed by atoms with Crippen molar-refractivity contribution in [3.05, 3.63) is 47.3 Å². The minimum absolute atomic E-state index is 0.0484. The first-order valence-corrected chi connectivity index (χ1v) is 8.47. The Kier molecular flexibility index (Phi) is 4.22. The van der Waals surface area contributed by atoms with Crippen LogP contribution in [-0.4, -0.2) is 39.7 Å². The van der Waals surface area contributed by atoms with E-state index in [2.05, 4.69) is 18.9 Å². The van der Waals surface area contributed by atoms with E-state index < -0.39 is 0 Å². The lowest BCUT2D eigenvalue weighted by Crippen LogP contribution is -2.54. The molecule has 0 saturated carbocycles. The quantitative estimate of drug-likeness (QED) is 0.923. The SMILES string of the molecule is Cc1ccccc1-n1ncc(C(=O)N2CCC(N)C(C)(C)C2)c1C. The van der Waals surface area contributed by atoms with Crippen LogP contribution in [0.1, 0.15) is 41.9 Å². The lowest BCUT2D eigenvalue weighted by molar-refractivity contribution is 0.0532. The number of carbonyl (C=O) groups excluding carboxylic acids is 1. The number of hydrogen-bond donors (Lipinski definition) is 1. The fourth-order valence-corrected chi connectivity index (χ4v) is 3.38. The van der Waals surface area contributed by atoms with Gasteiger partial charge >= 0.3 is 0 Å². The third-order valence-electron chi connectivity index (χ3n) is 5.18. The lowest BCUT2D eigenvalue weighted by Gasteiger charge is -2.42. The van der Waals surface area contributed by atoms with Gasteiger partial charge in [0.05, 0.1) is 23.1 Å². The van der Waals surface area contributed by atoms with Gasteiger partial charge in [-0.1, -0.05) is 32.0 Å². The van der Waals surface area contributed by atoms with E-state index in [9.17, 15) is 4.79 Å². The predicted octanol–water partition coefficient (Wildman–Crippen LogP) is 2.69. The monoisotopic (exact) mass is 326 g/mol. The third kappa shape index (κ3) is 2.84. The van der Waals surface area contributed by atoms with E-state index in [1.54, 1.807) is 6.20 Å². The normalized spacial score (nSPS) is 20.2. The predicted molar refractivity (Wildman–Crippen MR) is 95.3 cm³/mol. The van der Waals surface area contributed by atoms with Gasteiger partial charge in [-0.2, -0.15) is 5.10 Å². The number of rotatable bonds is 2. The van der Waals surface area contributed by atoms with Gasteiger partial charge in [-0.3, -0.25) is 4.79 Å². The molecule has 0 radical (unpaired) electrons. The molecule has 1 aliphatic heterocycles. The number of carbonyl (C=O) groups is 1. The zero-order valence-electron chi connectivity index (χ0n) is 14.9. The molecule has 3 rings (SSSR count). The van der Waals surface area contributed by atoms with Crippen LogP contribution in [0.2, 0.25) is 0 Å². The average molecular weight is 326 g/mol. The molecule has 1 atom stereocenters. The van der Waals surface area contributed by atoms with Crippen molar-refractivity contribution < 1.29 is 4.79 Å². The molecular formula is C19H26N4O. The highest BCUT2D eigenvalue weighted by molar-refractivity contribution is 5.95. The molecule has 1 amide bonds. The highest BCUT2D eigenvalue weighted by Gasteiger charge is 2.36. The lowest BCUT2D eigenvalue weighted by atomic mass is 9.79.